The number of rotatable bonds is 4. The van der Waals surface area contributed by atoms with Crippen molar-refractivity contribution < 1.29 is 14.3 Å². The molecule has 1 aromatic rings. The molecular weight excluding hydrogens is 244 g/mol. The van der Waals surface area contributed by atoms with Crippen LogP contribution in [-0.2, 0) is 9.53 Å². The average Bonchev–Trinajstić information content (AvgIpc) is 2.79. The van der Waals surface area contributed by atoms with Gasteiger partial charge in [-0.15, -0.1) is 0 Å². The highest BCUT2D eigenvalue weighted by molar-refractivity contribution is 5.90. The fourth-order valence-corrected chi connectivity index (χ4v) is 1.87. The van der Waals surface area contributed by atoms with Crippen LogP contribution < -0.4 is 10.2 Å². The summed E-state index contributed by atoms with van der Waals surface area (Å²) in [6.07, 6.45) is 2.40. The van der Waals surface area contributed by atoms with Crippen molar-refractivity contribution in [1.82, 2.24) is 5.32 Å². The summed E-state index contributed by atoms with van der Waals surface area (Å²) in [5, 5.41) is 2.69. The van der Waals surface area contributed by atoms with Gasteiger partial charge in [-0.2, -0.15) is 0 Å². The lowest BCUT2D eigenvalue weighted by Gasteiger charge is -2.12. The number of amides is 2. The Balaban J connectivity index is 1.91. The lowest BCUT2D eigenvalue weighted by molar-refractivity contribution is -0.116. The molecule has 0 bridgehead atoms. The maximum absolute atomic E-state index is 11.7. The van der Waals surface area contributed by atoms with Crippen molar-refractivity contribution >= 4 is 17.7 Å². The topological polar surface area (TPSA) is 58.6 Å². The second-order valence-corrected chi connectivity index (χ2v) is 4.20. The van der Waals surface area contributed by atoms with Crippen molar-refractivity contribution in [2.75, 3.05) is 18.0 Å². The minimum absolute atomic E-state index is 0.184. The predicted molar refractivity (Wildman–Crippen MR) is 71.9 cm³/mol. The molecule has 0 unspecified atom stereocenters. The van der Waals surface area contributed by atoms with Crippen molar-refractivity contribution in [3.8, 4) is 0 Å². The second-order valence-electron chi connectivity index (χ2n) is 4.20. The first-order valence-electron chi connectivity index (χ1n) is 6.14. The van der Waals surface area contributed by atoms with Gasteiger partial charge in [-0.05, 0) is 25.1 Å². The summed E-state index contributed by atoms with van der Waals surface area (Å²) in [5.41, 5.74) is 0.801. The number of hydrogen-bond donors (Lipinski definition) is 1. The van der Waals surface area contributed by atoms with E-state index in [1.807, 2.05) is 30.3 Å². The van der Waals surface area contributed by atoms with Crippen LogP contribution in [0.5, 0.6) is 0 Å². The van der Waals surface area contributed by atoms with Crippen LogP contribution in [0.25, 0.3) is 0 Å². The molecule has 1 N–H and O–H groups in total. The zero-order chi connectivity index (χ0) is 13.7. The van der Waals surface area contributed by atoms with Gasteiger partial charge in [0.15, 0.2) is 0 Å². The van der Waals surface area contributed by atoms with Crippen LogP contribution in [0.2, 0.25) is 0 Å². The highest BCUT2D eigenvalue weighted by Gasteiger charge is 2.32. The molecule has 5 heteroatoms. The van der Waals surface area contributed by atoms with Crippen LogP contribution in [0.15, 0.2) is 42.5 Å². The number of cyclic esters (lactones) is 1. The smallest absolute Gasteiger partial charge is 0.414 e. The zero-order valence-electron chi connectivity index (χ0n) is 10.7. The molecule has 1 aliphatic rings. The van der Waals surface area contributed by atoms with Gasteiger partial charge in [0.2, 0.25) is 5.91 Å². The molecular formula is C14H16N2O3. The Morgan fingerprint density at radius 2 is 2.21 bits per heavy atom. The molecule has 1 heterocycles. The Morgan fingerprint density at radius 3 is 2.89 bits per heavy atom. The zero-order valence-corrected chi connectivity index (χ0v) is 10.7. The fraction of sp³-hybridized carbons (Fsp3) is 0.286. The molecule has 0 spiro atoms. The Labute approximate surface area is 111 Å². The third kappa shape index (κ3) is 3.34. The van der Waals surface area contributed by atoms with E-state index in [9.17, 15) is 9.59 Å². The summed E-state index contributed by atoms with van der Waals surface area (Å²) < 4.78 is 5.21. The standard InChI is InChI=1S/C14H16N2O3/c1-2-6-13(17)15-9-12-10-16(14(18)19-12)11-7-4-3-5-8-11/h2-8,12H,9-10H2,1H3,(H,15,17)/b6-2-/t12-/m1/s1. The number of allylic oxidation sites excluding steroid dienone is 1. The number of nitrogens with zero attached hydrogens (tertiary/aromatic N) is 1. The maximum atomic E-state index is 11.7. The van der Waals surface area contributed by atoms with Gasteiger partial charge in [0, 0.05) is 5.69 Å². The molecule has 2 rings (SSSR count). The molecule has 0 radical (unpaired) electrons. The van der Waals surface area contributed by atoms with Gasteiger partial charge in [-0.3, -0.25) is 9.69 Å². The van der Waals surface area contributed by atoms with Gasteiger partial charge in [-0.1, -0.05) is 24.3 Å². The predicted octanol–water partition coefficient (Wildman–Crippen LogP) is 1.70. The number of anilines is 1. The summed E-state index contributed by atoms with van der Waals surface area (Å²) in [6, 6.07) is 9.32. The number of para-hydroxylation sites is 1. The van der Waals surface area contributed by atoms with E-state index in [2.05, 4.69) is 5.32 Å². The summed E-state index contributed by atoms with van der Waals surface area (Å²) >= 11 is 0. The summed E-state index contributed by atoms with van der Waals surface area (Å²) in [5.74, 6) is -0.184. The van der Waals surface area contributed by atoms with Crippen molar-refractivity contribution in [3.63, 3.8) is 0 Å². The van der Waals surface area contributed by atoms with Crippen molar-refractivity contribution in [3.05, 3.63) is 42.5 Å². The number of ether oxygens (including phenoxy) is 1. The second kappa shape index (κ2) is 6.04. The van der Waals surface area contributed by atoms with Gasteiger partial charge < -0.3 is 10.1 Å². The maximum Gasteiger partial charge on any atom is 0.414 e. The first-order valence-corrected chi connectivity index (χ1v) is 6.14. The van der Waals surface area contributed by atoms with Crippen molar-refractivity contribution in [2.45, 2.75) is 13.0 Å². The van der Waals surface area contributed by atoms with Crippen molar-refractivity contribution in [1.29, 1.82) is 0 Å². The Morgan fingerprint density at radius 1 is 1.47 bits per heavy atom. The first-order chi connectivity index (χ1) is 9.20. The van der Waals surface area contributed by atoms with E-state index in [1.54, 1.807) is 17.9 Å². The number of hydrogen-bond acceptors (Lipinski definition) is 3. The van der Waals surface area contributed by atoms with Gasteiger partial charge in [0.05, 0.1) is 13.1 Å². The van der Waals surface area contributed by atoms with Crippen molar-refractivity contribution in [2.24, 2.45) is 0 Å². The van der Waals surface area contributed by atoms with Gasteiger partial charge >= 0.3 is 6.09 Å². The quantitative estimate of drug-likeness (QED) is 0.838. The van der Waals surface area contributed by atoms with Crippen LogP contribution in [0.1, 0.15) is 6.92 Å². The van der Waals surface area contributed by atoms with E-state index < -0.39 is 0 Å². The van der Waals surface area contributed by atoms with E-state index in [-0.39, 0.29) is 18.1 Å². The van der Waals surface area contributed by atoms with Crippen LogP contribution >= 0.6 is 0 Å². The Bertz CT molecular complexity index is 485. The molecule has 19 heavy (non-hydrogen) atoms. The van der Waals surface area contributed by atoms with Crippen LogP contribution in [-0.4, -0.2) is 31.2 Å². The SMILES string of the molecule is C/C=C\C(=O)NC[C@@H]1CN(c2ccccc2)C(=O)O1. The summed E-state index contributed by atoms with van der Waals surface area (Å²) in [6.45, 7) is 2.53. The van der Waals surface area contributed by atoms with E-state index in [1.165, 1.54) is 6.08 Å². The molecule has 0 saturated carbocycles. The van der Waals surface area contributed by atoms with Gasteiger partial charge in [0.25, 0.3) is 0 Å². The highest BCUT2D eigenvalue weighted by atomic mass is 16.6. The Hall–Kier alpha value is -2.30. The van der Waals surface area contributed by atoms with E-state index in [0.717, 1.165) is 5.69 Å². The van der Waals surface area contributed by atoms with Gasteiger partial charge in [0.1, 0.15) is 6.10 Å². The number of nitrogens with one attached hydrogen (secondary N) is 1. The molecule has 1 atom stereocenters. The number of carbonyl (C=O) groups is 2. The molecule has 0 aliphatic carbocycles. The molecule has 1 fully saturated rings. The van der Waals surface area contributed by atoms with Crippen LogP contribution in [0, 0.1) is 0 Å². The Kier molecular flexibility index (Phi) is 4.18. The minimum Gasteiger partial charge on any atom is -0.442 e. The van der Waals surface area contributed by atoms with E-state index >= 15 is 0 Å². The minimum atomic E-state index is -0.378. The fourth-order valence-electron chi connectivity index (χ4n) is 1.87. The molecule has 0 aromatic heterocycles. The monoisotopic (exact) mass is 260 g/mol. The normalized spacial score (nSPS) is 18.7. The van der Waals surface area contributed by atoms with E-state index in [4.69, 9.17) is 4.74 Å². The van der Waals surface area contributed by atoms with Crippen LogP contribution in [0.4, 0.5) is 10.5 Å². The van der Waals surface area contributed by atoms with E-state index in [0.29, 0.717) is 13.1 Å². The van der Waals surface area contributed by atoms with Crippen LogP contribution in [0.3, 0.4) is 0 Å². The highest BCUT2D eigenvalue weighted by Crippen LogP contribution is 2.20. The average molecular weight is 260 g/mol. The summed E-state index contributed by atoms with van der Waals surface area (Å²) in [4.78, 5) is 24.6. The molecule has 100 valence electrons. The molecule has 1 aromatic carbocycles. The third-order valence-corrected chi connectivity index (χ3v) is 2.76. The first kappa shape index (κ1) is 13.1. The third-order valence-electron chi connectivity index (χ3n) is 2.76. The molecule has 2 amide bonds. The lowest BCUT2D eigenvalue weighted by Crippen LogP contribution is -2.33. The molecule has 1 saturated heterocycles. The molecule has 5 nitrogen and oxygen atoms in total. The lowest BCUT2D eigenvalue weighted by atomic mass is 10.2. The number of carbonyl (C=O) groups excluding carboxylic acids is 2. The number of benzene rings is 1. The summed E-state index contributed by atoms with van der Waals surface area (Å²) in [7, 11) is 0. The van der Waals surface area contributed by atoms with Gasteiger partial charge in [-0.25, -0.2) is 4.79 Å². The molecule has 1 aliphatic heterocycles. The largest absolute Gasteiger partial charge is 0.442 e.